The second-order valence-corrected chi connectivity index (χ2v) is 11.8. The first-order valence-electron chi connectivity index (χ1n) is 14.3. The minimum absolute atomic E-state index is 0.148. The van der Waals surface area contributed by atoms with Gasteiger partial charge in [-0.15, -0.1) is 0 Å². The molecule has 3 rings (SSSR count). The molecule has 0 aliphatic rings. The third-order valence-electron chi connectivity index (χ3n) is 7.40. The molecule has 2 atom stereocenters. The maximum absolute atomic E-state index is 13.9. The Kier molecular flexibility index (Phi) is 11.5. The van der Waals surface area contributed by atoms with Gasteiger partial charge in [0.05, 0.1) is 12.0 Å². The number of carboxylic acid groups (broad SMARTS) is 1. The van der Waals surface area contributed by atoms with E-state index in [1.165, 1.54) is 22.8 Å². The largest absolute Gasteiger partial charge is 0.481 e. The third kappa shape index (κ3) is 8.79. The number of nitrogens with zero attached hydrogens (tertiary/aromatic N) is 2. The van der Waals surface area contributed by atoms with Gasteiger partial charge in [0, 0.05) is 31.4 Å². The van der Waals surface area contributed by atoms with Crippen molar-refractivity contribution in [3.8, 4) is 11.1 Å². The molecule has 2 aromatic carbocycles. The van der Waals surface area contributed by atoms with E-state index in [1.54, 1.807) is 6.20 Å². The van der Waals surface area contributed by atoms with Crippen LogP contribution in [0.3, 0.4) is 0 Å². The molecule has 0 saturated carbocycles. The van der Waals surface area contributed by atoms with Crippen LogP contribution >= 0.6 is 0 Å². The second kappa shape index (κ2) is 14.6. The summed E-state index contributed by atoms with van der Waals surface area (Å²) in [6, 6.07) is 10.6. The Balaban J connectivity index is 1.99. The van der Waals surface area contributed by atoms with Crippen LogP contribution < -0.4 is 10.9 Å². The van der Waals surface area contributed by atoms with Gasteiger partial charge >= 0.3 is 5.97 Å². The SMILES string of the molecule is Cc1cc(F)cc(C)c1-c1cccc([C@H](CC(=O)O)NCC(CC(C)C)n2cc(CCN(C)C)cc(C(F)F)c2=O)c1. The average Bonchev–Trinajstić information content (AvgIpc) is 2.88. The normalized spacial score (nSPS) is 13.2. The van der Waals surface area contributed by atoms with E-state index in [0.717, 1.165) is 27.8 Å². The van der Waals surface area contributed by atoms with E-state index in [-0.39, 0.29) is 24.7 Å². The lowest BCUT2D eigenvalue weighted by Crippen LogP contribution is -2.36. The molecule has 0 amide bonds. The predicted molar refractivity (Wildman–Crippen MR) is 161 cm³/mol. The quantitative estimate of drug-likeness (QED) is 0.220. The number of carboxylic acids is 1. The van der Waals surface area contributed by atoms with Crippen molar-refractivity contribution in [3.63, 3.8) is 0 Å². The number of aliphatic carboxylic acids is 1. The van der Waals surface area contributed by atoms with Gasteiger partial charge in [-0.1, -0.05) is 32.0 Å². The Labute approximate surface area is 246 Å². The van der Waals surface area contributed by atoms with Gasteiger partial charge in [-0.05, 0) is 104 Å². The van der Waals surface area contributed by atoms with Crippen LogP contribution in [0, 0.1) is 25.6 Å². The minimum Gasteiger partial charge on any atom is -0.481 e. The maximum Gasteiger partial charge on any atom is 0.305 e. The molecule has 0 aliphatic heterocycles. The standard InChI is InChI=1S/C33H42F3N3O3/c1-20(2)12-27(39-19-23(10-11-38(5)6)15-28(32(35)36)33(39)42)18-37-29(17-30(40)41)24-8-7-9-25(16-24)31-21(3)13-26(34)14-22(31)4/h7-9,13-16,19-20,27,29,32,37H,10-12,17-18H2,1-6H3,(H,40,41)/t27?,29-/m0/s1. The van der Waals surface area contributed by atoms with Crippen molar-refractivity contribution in [3.05, 3.63) is 92.6 Å². The molecule has 228 valence electrons. The number of aryl methyl sites for hydroxylation is 2. The van der Waals surface area contributed by atoms with E-state index in [2.05, 4.69) is 5.32 Å². The van der Waals surface area contributed by atoms with Gasteiger partial charge in [-0.3, -0.25) is 9.59 Å². The van der Waals surface area contributed by atoms with Crippen LogP contribution in [-0.2, 0) is 11.2 Å². The van der Waals surface area contributed by atoms with Crippen LogP contribution in [-0.4, -0.2) is 47.7 Å². The van der Waals surface area contributed by atoms with Gasteiger partial charge in [0.2, 0.25) is 0 Å². The fourth-order valence-corrected chi connectivity index (χ4v) is 5.48. The summed E-state index contributed by atoms with van der Waals surface area (Å²) in [6.45, 7) is 8.49. The highest BCUT2D eigenvalue weighted by Gasteiger charge is 2.24. The molecule has 0 saturated heterocycles. The number of nitrogens with one attached hydrogen (secondary N) is 1. The highest BCUT2D eigenvalue weighted by Crippen LogP contribution is 2.31. The second-order valence-electron chi connectivity index (χ2n) is 11.8. The minimum atomic E-state index is -2.91. The Morgan fingerprint density at radius 3 is 2.31 bits per heavy atom. The van der Waals surface area contributed by atoms with Crippen molar-refractivity contribution in [1.82, 2.24) is 14.8 Å². The summed E-state index contributed by atoms with van der Waals surface area (Å²) in [4.78, 5) is 27.1. The molecule has 1 heterocycles. The van der Waals surface area contributed by atoms with Crippen LogP contribution in [0.2, 0.25) is 0 Å². The molecule has 42 heavy (non-hydrogen) atoms. The Morgan fingerprint density at radius 2 is 1.74 bits per heavy atom. The Bertz CT molecular complexity index is 1410. The first kappa shape index (κ1) is 33.1. The first-order valence-corrected chi connectivity index (χ1v) is 14.3. The summed E-state index contributed by atoms with van der Waals surface area (Å²) in [5, 5.41) is 13.1. The molecule has 3 aromatic rings. The van der Waals surface area contributed by atoms with Gasteiger partial charge in [-0.25, -0.2) is 13.2 Å². The molecule has 0 bridgehead atoms. The van der Waals surface area contributed by atoms with E-state index in [4.69, 9.17) is 0 Å². The summed E-state index contributed by atoms with van der Waals surface area (Å²) in [6.07, 6.45) is -0.429. The van der Waals surface area contributed by atoms with E-state index >= 15 is 0 Å². The molecule has 1 unspecified atom stereocenters. The zero-order valence-electron chi connectivity index (χ0n) is 25.3. The monoisotopic (exact) mass is 585 g/mol. The molecule has 0 radical (unpaired) electrons. The van der Waals surface area contributed by atoms with Crippen LogP contribution in [0.25, 0.3) is 11.1 Å². The number of likely N-dealkylation sites (N-methyl/N-ethyl adjacent to an activating group) is 1. The van der Waals surface area contributed by atoms with Crippen molar-refractivity contribution in [2.24, 2.45) is 5.92 Å². The average molecular weight is 586 g/mol. The van der Waals surface area contributed by atoms with Crippen molar-refractivity contribution >= 4 is 5.97 Å². The summed E-state index contributed by atoms with van der Waals surface area (Å²) in [5.41, 5.74) is 3.37. The molecule has 9 heteroatoms. The van der Waals surface area contributed by atoms with Gasteiger partial charge < -0.3 is 19.9 Å². The van der Waals surface area contributed by atoms with Crippen molar-refractivity contribution in [2.45, 2.75) is 65.5 Å². The molecule has 1 aromatic heterocycles. The fourth-order valence-electron chi connectivity index (χ4n) is 5.48. The molecule has 2 N–H and O–H groups in total. The summed E-state index contributed by atoms with van der Waals surface area (Å²) in [7, 11) is 3.79. The van der Waals surface area contributed by atoms with E-state index in [1.807, 2.05) is 71.0 Å². The zero-order valence-corrected chi connectivity index (χ0v) is 25.3. The van der Waals surface area contributed by atoms with Gasteiger partial charge in [-0.2, -0.15) is 0 Å². The summed E-state index contributed by atoms with van der Waals surface area (Å²) >= 11 is 0. The molecule has 0 fully saturated rings. The van der Waals surface area contributed by atoms with E-state index in [0.29, 0.717) is 24.9 Å². The van der Waals surface area contributed by atoms with Crippen molar-refractivity contribution in [2.75, 3.05) is 27.2 Å². The smallest absolute Gasteiger partial charge is 0.305 e. The number of rotatable bonds is 14. The number of hydrogen-bond donors (Lipinski definition) is 2. The number of pyridine rings is 1. The Hall–Kier alpha value is -3.43. The number of alkyl halides is 2. The van der Waals surface area contributed by atoms with Crippen molar-refractivity contribution in [1.29, 1.82) is 0 Å². The zero-order chi connectivity index (χ0) is 31.1. The van der Waals surface area contributed by atoms with Crippen LogP contribution in [0.15, 0.2) is 53.5 Å². The lowest BCUT2D eigenvalue weighted by Gasteiger charge is -2.27. The van der Waals surface area contributed by atoms with Gasteiger partial charge in [0.25, 0.3) is 12.0 Å². The number of carbonyl (C=O) groups is 1. The fraction of sp³-hybridized carbons (Fsp3) is 0.455. The van der Waals surface area contributed by atoms with Gasteiger partial charge in [0.1, 0.15) is 5.82 Å². The van der Waals surface area contributed by atoms with Crippen LogP contribution in [0.1, 0.15) is 73.0 Å². The number of halogens is 3. The highest BCUT2D eigenvalue weighted by molar-refractivity contribution is 5.72. The number of aromatic nitrogens is 1. The maximum atomic E-state index is 13.9. The molecule has 0 spiro atoms. The van der Waals surface area contributed by atoms with Crippen LogP contribution in [0.5, 0.6) is 0 Å². The predicted octanol–water partition coefficient (Wildman–Crippen LogP) is 6.71. The summed E-state index contributed by atoms with van der Waals surface area (Å²) in [5.74, 6) is -1.17. The van der Waals surface area contributed by atoms with E-state index < -0.39 is 35.6 Å². The molecular formula is C33H42F3N3O3. The lowest BCUT2D eigenvalue weighted by atomic mass is 9.92. The molecule has 6 nitrogen and oxygen atoms in total. The highest BCUT2D eigenvalue weighted by atomic mass is 19.3. The van der Waals surface area contributed by atoms with Crippen molar-refractivity contribution < 1.29 is 23.1 Å². The number of benzene rings is 2. The lowest BCUT2D eigenvalue weighted by molar-refractivity contribution is -0.137. The van der Waals surface area contributed by atoms with Gasteiger partial charge in [0.15, 0.2) is 0 Å². The third-order valence-corrected chi connectivity index (χ3v) is 7.40. The topological polar surface area (TPSA) is 74.6 Å². The van der Waals surface area contributed by atoms with E-state index in [9.17, 15) is 27.9 Å². The number of hydrogen-bond acceptors (Lipinski definition) is 4. The molecule has 0 aliphatic carbocycles. The first-order chi connectivity index (χ1) is 19.8. The Morgan fingerprint density at radius 1 is 1.07 bits per heavy atom. The van der Waals surface area contributed by atoms with Crippen LogP contribution in [0.4, 0.5) is 13.2 Å². The molecular weight excluding hydrogens is 543 g/mol. The summed E-state index contributed by atoms with van der Waals surface area (Å²) < 4.78 is 43.2.